The fourth-order valence-corrected chi connectivity index (χ4v) is 0.823. The van der Waals surface area contributed by atoms with Crippen LogP contribution in [0.3, 0.4) is 0 Å². The van der Waals surface area contributed by atoms with Gasteiger partial charge in [0.1, 0.15) is 6.10 Å². The molecule has 1 aliphatic heterocycles. The minimum atomic E-state index is -5.39. The molecule has 0 radical (unpaired) electrons. The first kappa shape index (κ1) is 37.1. The number of ether oxygens (including phenoxy) is 1. The van der Waals surface area contributed by atoms with Crippen molar-refractivity contribution in [3.8, 4) is 0 Å². The minimum absolute atomic E-state index is 0. The summed E-state index contributed by atoms with van der Waals surface area (Å²) < 4.78 is 21.4. The summed E-state index contributed by atoms with van der Waals surface area (Å²) >= 11 is 0. The molecule has 19 heteroatoms. The molecule has 2 atom stereocenters. The average molecular weight is 439 g/mol. The Morgan fingerprint density at radius 1 is 0.960 bits per heavy atom. The van der Waals surface area contributed by atoms with Crippen molar-refractivity contribution in [2.45, 2.75) is 12.2 Å². The van der Waals surface area contributed by atoms with Gasteiger partial charge in [0.15, 0.2) is 11.9 Å². The van der Waals surface area contributed by atoms with Gasteiger partial charge >= 0.3 is 75.1 Å². The number of hydrogen-bond donors (Lipinski definition) is 4. The number of carbonyl (C=O) groups is 1. The molecular formula is C6H8Mg3O14P2. The summed E-state index contributed by atoms with van der Waals surface area (Å²) in [6.07, 6.45) is -2.78. The standard InChI is InChI=1S/C6H8O6.3Mg.2H3O4P/c7-1-2(8)5-3(9)4(10)6(11)12-5;;;;2*1-5(2,3)4/h2,5,7-10H,1H2;;;;2*(H3,1,2,3,4)/q;3*+2;;/p-6. The van der Waals surface area contributed by atoms with Gasteiger partial charge < -0.3 is 63.7 Å². The maximum atomic E-state index is 10.5. The Balaban J connectivity index is -0.0000000882. The molecule has 0 bridgehead atoms. The third kappa shape index (κ3) is 25.2. The molecule has 0 aromatic carbocycles. The van der Waals surface area contributed by atoms with Gasteiger partial charge in [-0.1, -0.05) is 0 Å². The fourth-order valence-electron chi connectivity index (χ4n) is 0.823. The van der Waals surface area contributed by atoms with E-state index in [4.69, 9.17) is 58.9 Å². The van der Waals surface area contributed by atoms with Crippen LogP contribution in [0.2, 0.25) is 0 Å². The van der Waals surface area contributed by atoms with Crippen LogP contribution in [-0.4, -0.2) is 114 Å². The second-order valence-electron chi connectivity index (χ2n) is 3.20. The summed E-state index contributed by atoms with van der Waals surface area (Å²) in [4.78, 5) is 61.8. The first-order chi connectivity index (χ1) is 9.57. The Morgan fingerprint density at radius 2 is 1.24 bits per heavy atom. The first-order valence-corrected chi connectivity index (χ1v) is 7.58. The number of aliphatic hydroxyl groups is 4. The van der Waals surface area contributed by atoms with Crippen LogP contribution in [0.25, 0.3) is 0 Å². The Morgan fingerprint density at radius 3 is 1.40 bits per heavy atom. The van der Waals surface area contributed by atoms with E-state index in [0.717, 1.165) is 0 Å². The molecule has 4 N–H and O–H groups in total. The van der Waals surface area contributed by atoms with E-state index in [0.29, 0.717) is 0 Å². The molecule has 0 aliphatic carbocycles. The van der Waals surface area contributed by atoms with Gasteiger partial charge in [-0.05, 0) is 0 Å². The number of aliphatic hydroxyl groups excluding tert-OH is 4. The second-order valence-corrected chi connectivity index (χ2v) is 4.99. The summed E-state index contributed by atoms with van der Waals surface area (Å²) in [7, 11) is -10.8. The van der Waals surface area contributed by atoms with Crippen LogP contribution in [0.5, 0.6) is 0 Å². The third-order valence-corrected chi connectivity index (χ3v) is 1.48. The average Bonchev–Trinajstić information content (AvgIpc) is 2.51. The third-order valence-electron chi connectivity index (χ3n) is 1.48. The molecular weight excluding hydrogens is 431 g/mol. The summed E-state index contributed by atoms with van der Waals surface area (Å²) in [5, 5.41) is 35.0. The number of esters is 1. The van der Waals surface area contributed by atoms with Gasteiger partial charge in [-0.25, -0.2) is 4.79 Å². The molecule has 25 heavy (non-hydrogen) atoms. The van der Waals surface area contributed by atoms with Gasteiger partial charge in [0, 0.05) is 0 Å². The maximum Gasteiger partial charge on any atom is 2.00 e. The molecule has 1 heterocycles. The van der Waals surface area contributed by atoms with Crippen molar-refractivity contribution in [2.24, 2.45) is 0 Å². The molecule has 0 spiro atoms. The van der Waals surface area contributed by atoms with E-state index >= 15 is 0 Å². The second kappa shape index (κ2) is 16.2. The van der Waals surface area contributed by atoms with Gasteiger partial charge in [0.2, 0.25) is 5.76 Å². The van der Waals surface area contributed by atoms with Gasteiger partial charge in [-0.3, -0.25) is 0 Å². The van der Waals surface area contributed by atoms with Crippen molar-refractivity contribution in [3.05, 3.63) is 11.5 Å². The zero-order valence-electron chi connectivity index (χ0n) is 12.2. The Kier molecular flexibility index (Phi) is 24.1. The van der Waals surface area contributed by atoms with E-state index in [2.05, 4.69) is 4.74 Å². The topological polar surface area (TPSA) is 280 Å². The summed E-state index contributed by atoms with van der Waals surface area (Å²) in [6.45, 7) is -0.671. The molecule has 1 aliphatic rings. The molecule has 0 saturated heterocycles. The van der Waals surface area contributed by atoms with Crippen molar-refractivity contribution < 1.29 is 68.4 Å². The van der Waals surface area contributed by atoms with E-state index in [9.17, 15) is 4.79 Å². The number of rotatable bonds is 2. The van der Waals surface area contributed by atoms with Crippen molar-refractivity contribution >= 4 is 90.8 Å². The Bertz CT molecular complexity index is 462. The van der Waals surface area contributed by atoms with Gasteiger partial charge in [-0.15, -0.1) is 0 Å². The van der Waals surface area contributed by atoms with Gasteiger partial charge in [0.25, 0.3) is 0 Å². The summed E-state index contributed by atoms with van der Waals surface area (Å²) in [5.41, 5.74) is 0. The van der Waals surface area contributed by atoms with Crippen molar-refractivity contribution in [1.82, 2.24) is 0 Å². The number of carbonyl (C=O) groups excluding carboxylic acids is 1. The van der Waals surface area contributed by atoms with Crippen LogP contribution < -0.4 is 29.4 Å². The maximum absolute atomic E-state index is 10.5. The Labute approximate surface area is 188 Å². The number of phosphoric acid groups is 2. The van der Waals surface area contributed by atoms with Crippen LogP contribution in [-0.2, 0) is 18.7 Å². The molecule has 0 aromatic heterocycles. The fraction of sp³-hybridized carbons (Fsp3) is 0.500. The largest absolute Gasteiger partial charge is 2.00 e. The van der Waals surface area contributed by atoms with Crippen LogP contribution in [0.1, 0.15) is 0 Å². The number of hydrogen-bond acceptors (Lipinski definition) is 14. The normalized spacial score (nSPS) is 17.1. The summed E-state index contributed by atoms with van der Waals surface area (Å²) in [6, 6.07) is 0. The zero-order chi connectivity index (χ0) is 18.3. The number of cyclic esters (lactones) is 1. The predicted octanol–water partition coefficient (Wildman–Crippen LogP) is -8.20. The van der Waals surface area contributed by atoms with Crippen LogP contribution in [0.4, 0.5) is 0 Å². The van der Waals surface area contributed by atoms with E-state index in [-0.39, 0.29) is 69.2 Å². The van der Waals surface area contributed by atoms with E-state index in [1.165, 1.54) is 0 Å². The minimum Gasteiger partial charge on any atom is -0.822 e. The molecule has 0 amide bonds. The monoisotopic (exact) mass is 438 g/mol. The Hall–Kier alpha value is 1.25. The smallest absolute Gasteiger partial charge is 0.822 e. The van der Waals surface area contributed by atoms with E-state index < -0.39 is 51.9 Å². The first-order valence-electron chi connectivity index (χ1n) is 4.66. The van der Waals surface area contributed by atoms with Gasteiger partial charge in [-0.2, -0.15) is 15.6 Å². The van der Waals surface area contributed by atoms with Crippen LogP contribution in [0, 0.1) is 0 Å². The quantitative estimate of drug-likeness (QED) is 0.177. The SMILES string of the molecule is O=C1OC(C(O)CO)C(O)=C1O.O=P([O-])([O-])[O-].O=P([O-])([O-])[O-].[Mg+2].[Mg+2].[Mg+2]. The van der Waals surface area contributed by atoms with E-state index in [1.807, 2.05) is 0 Å². The van der Waals surface area contributed by atoms with Crippen molar-refractivity contribution in [2.75, 3.05) is 6.61 Å². The molecule has 1 rings (SSSR count). The molecule has 2 unspecified atom stereocenters. The van der Waals surface area contributed by atoms with Gasteiger partial charge in [0.05, 0.1) is 6.61 Å². The molecule has 132 valence electrons. The van der Waals surface area contributed by atoms with E-state index in [1.54, 1.807) is 0 Å². The van der Waals surface area contributed by atoms with Crippen molar-refractivity contribution in [1.29, 1.82) is 0 Å². The zero-order valence-corrected chi connectivity index (χ0v) is 18.3. The van der Waals surface area contributed by atoms with Crippen LogP contribution in [0.15, 0.2) is 11.5 Å². The molecule has 0 saturated carbocycles. The summed E-state index contributed by atoms with van der Waals surface area (Å²) in [5.74, 6) is -2.78. The molecule has 0 aromatic rings. The molecule has 14 nitrogen and oxygen atoms in total. The molecule has 0 fully saturated rings. The van der Waals surface area contributed by atoms with Crippen molar-refractivity contribution in [3.63, 3.8) is 0 Å². The van der Waals surface area contributed by atoms with Crippen LogP contribution >= 0.6 is 15.6 Å². The predicted molar refractivity (Wildman–Crippen MR) is 67.7 cm³/mol.